The smallest absolute Gasteiger partial charge is 0.264 e. The molecule has 1 amide bonds. The second-order valence-electron chi connectivity index (χ2n) is 5.73. The molecule has 9 heteroatoms. The van der Waals surface area contributed by atoms with Crippen molar-refractivity contribution in [2.45, 2.75) is 17.8 Å². The molecule has 0 aliphatic carbocycles. The standard InChI is InChI=1S/C19H19N5O2S2/c1-14-21-22-19(28-13-15-8-4-2-5-9-15)24(14)23-18(27)20-17(25)12-26-16-10-6-3-7-11-16/h2-11H,12-13H2,1H3,(H2,20,23,25,27). The molecule has 3 aromatic rings. The zero-order chi connectivity index (χ0) is 19.8. The van der Waals surface area contributed by atoms with Crippen LogP contribution in [0, 0.1) is 6.92 Å². The summed E-state index contributed by atoms with van der Waals surface area (Å²) in [4.78, 5) is 12.0. The van der Waals surface area contributed by atoms with E-state index in [1.807, 2.05) is 48.5 Å². The zero-order valence-corrected chi connectivity index (χ0v) is 16.8. The van der Waals surface area contributed by atoms with E-state index in [1.54, 1.807) is 23.7 Å². The number of carbonyl (C=O) groups is 1. The summed E-state index contributed by atoms with van der Waals surface area (Å²) < 4.78 is 7.05. The summed E-state index contributed by atoms with van der Waals surface area (Å²) in [6.07, 6.45) is 0. The lowest BCUT2D eigenvalue weighted by Gasteiger charge is -2.13. The van der Waals surface area contributed by atoms with Gasteiger partial charge in [-0.1, -0.05) is 60.3 Å². The SMILES string of the molecule is Cc1nnc(SCc2ccccc2)n1NC(=S)NC(=O)COc1ccccc1. The van der Waals surface area contributed by atoms with Gasteiger partial charge in [-0.05, 0) is 36.8 Å². The molecular weight excluding hydrogens is 394 g/mol. The average Bonchev–Trinajstić information content (AvgIpc) is 3.06. The molecule has 0 bridgehead atoms. The highest BCUT2D eigenvalue weighted by molar-refractivity contribution is 7.98. The maximum absolute atomic E-state index is 12.0. The third-order valence-corrected chi connectivity index (χ3v) is 4.78. The lowest BCUT2D eigenvalue weighted by Crippen LogP contribution is -2.40. The minimum atomic E-state index is -0.356. The number of hydrogen-bond acceptors (Lipinski definition) is 6. The Bertz CT molecular complexity index is 932. The van der Waals surface area contributed by atoms with Gasteiger partial charge in [-0.3, -0.25) is 15.5 Å². The molecular formula is C19H19N5O2S2. The molecule has 0 aliphatic rings. The Balaban J connectivity index is 1.52. The summed E-state index contributed by atoms with van der Waals surface area (Å²) in [5.74, 6) is 1.63. The number of para-hydroxylation sites is 1. The molecule has 0 aliphatic heterocycles. The number of benzene rings is 2. The minimum Gasteiger partial charge on any atom is -0.484 e. The second kappa shape index (κ2) is 9.86. The number of carbonyl (C=O) groups excluding carboxylic acids is 1. The van der Waals surface area contributed by atoms with E-state index in [2.05, 4.69) is 20.9 Å². The molecule has 2 N–H and O–H groups in total. The van der Waals surface area contributed by atoms with Gasteiger partial charge in [0.1, 0.15) is 11.6 Å². The number of rotatable bonds is 7. The first-order chi connectivity index (χ1) is 13.6. The quantitative estimate of drug-likeness (QED) is 0.455. The molecule has 3 rings (SSSR count). The Kier molecular flexibility index (Phi) is 6.99. The van der Waals surface area contributed by atoms with Crippen LogP contribution in [-0.2, 0) is 10.5 Å². The van der Waals surface area contributed by atoms with Crippen molar-refractivity contribution in [3.63, 3.8) is 0 Å². The molecule has 0 saturated carbocycles. The van der Waals surface area contributed by atoms with Gasteiger partial charge in [0.05, 0.1) is 0 Å². The molecule has 2 aromatic carbocycles. The predicted molar refractivity (Wildman–Crippen MR) is 113 cm³/mol. The third-order valence-electron chi connectivity index (χ3n) is 3.59. The Morgan fingerprint density at radius 3 is 2.50 bits per heavy atom. The van der Waals surface area contributed by atoms with E-state index in [-0.39, 0.29) is 17.6 Å². The van der Waals surface area contributed by atoms with E-state index in [0.29, 0.717) is 16.7 Å². The van der Waals surface area contributed by atoms with Crippen LogP contribution in [0.5, 0.6) is 5.75 Å². The third kappa shape index (κ3) is 5.80. The van der Waals surface area contributed by atoms with Gasteiger partial charge >= 0.3 is 0 Å². The van der Waals surface area contributed by atoms with Crippen LogP contribution in [0.1, 0.15) is 11.4 Å². The number of ether oxygens (including phenoxy) is 1. The predicted octanol–water partition coefficient (Wildman–Crippen LogP) is 2.90. The van der Waals surface area contributed by atoms with Gasteiger partial charge in [-0.25, -0.2) is 4.68 Å². The average molecular weight is 414 g/mol. The molecule has 0 unspecified atom stereocenters. The lowest BCUT2D eigenvalue weighted by molar-refractivity contribution is -0.121. The van der Waals surface area contributed by atoms with Crippen LogP contribution in [-0.4, -0.2) is 32.5 Å². The molecule has 144 valence electrons. The number of aromatic nitrogens is 3. The fourth-order valence-electron chi connectivity index (χ4n) is 2.25. The summed E-state index contributed by atoms with van der Waals surface area (Å²) in [5, 5.41) is 11.6. The molecule has 1 heterocycles. The van der Waals surface area contributed by atoms with E-state index in [0.717, 1.165) is 5.75 Å². The highest BCUT2D eigenvalue weighted by Gasteiger charge is 2.12. The number of nitrogens with zero attached hydrogens (tertiary/aromatic N) is 3. The van der Waals surface area contributed by atoms with Crippen molar-refractivity contribution in [2.24, 2.45) is 0 Å². The Labute approximate surface area is 172 Å². The molecule has 7 nitrogen and oxygen atoms in total. The zero-order valence-electron chi connectivity index (χ0n) is 15.2. The van der Waals surface area contributed by atoms with E-state index < -0.39 is 0 Å². The van der Waals surface area contributed by atoms with Gasteiger partial charge in [0.25, 0.3) is 5.91 Å². The van der Waals surface area contributed by atoms with Crippen LogP contribution in [0.3, 0.4) is 0 Å². The van der Waals surface area contributed by atoms with Gasteiger partial charge < -0.3 is 4.74 Å². The van der Waals surface area contributed by atoms with Gasteiger partial charge in [0.15, 0.2) is 11.7 Å². The number of thioether (sulfide) groups is 1. The fourth-order valence-corrected chi connectivity index (χ4v) is 3.34. The molecule has 28 heavy (non-hydrogen) atoms. The first-order valence-corrected chi connectivity index (χ1v) is 9.88. The second-order valence-corrected chi connectivity index (χ2v) is 7.08. The summed E-state index contributed by atoms with van der Waals surface area (Å²) in [6.45, 7) is 1.66. The van der Waals surface area contributed by atoms with Crippen molar-refractivity contribution in [2.75, 3.05) is 12.0 Å². The number of amides is 1. The number of thiocarbonyl (C=S) groups is 1. The fraction of sp³-hybridized carbons (Fsp3) is 0.158. The van der Waals surface area contributed by atoms with Crippen LogP contribution in [0.25, 0.3) is 0 Å². The summed E-state index contributed by atoms with van der Waals surface area (Å²) in [6, 6.07) is 19.2. The monoisotopic (exact) mass is 413 g/mol. The van der Waals surface area contributed by atoms with Crippen LogP contribution in [0.15, 0.2) is 65.8 Å². The highest BCUT2D eigenvalue weighted by Crippen LogP contribution is 2.20. The number of hydrogen-bond donors (Lipinski definition) is 2. The van der Waals surface area contributed by atoms with Crippen molar-refractivity contribution in [1.29, 1.82) is 0 Å². The van der Waals surface area contributed by atoms with Crippen molar-refractivity contribution in [3.8, 4) is 5.75 Å². The van der Waals surface area contributed by atoms with Crippen LogP contribution in [0.4, 0.5) is 0 Å². The molecule has 0 spiro atoms. The Hall–Kier alpha value is -2.91. The molecule has 0 radical (unpaired) electrons. The molecule has 0 fully saturated rings. The van der Waals surface area contributed by atoms with E-state index >= 15 is 0 Å². The largest absolute Gasteiger partial charge is 0.484 e. The lowest BCUT2D eigenvalue weighted by atomic mass is 10.2. The normalized spacial score (nSPS) is 10.3. The van der Waals surface area contributed by atoms with E-state index in [9.17, 15) is 4.79 Å². The van der Waals surface area contributed by atoms with Crippen molar-refractivity contribution >= 4 is 35.0 Å². The first kappa shape index (κ1) is 19.8. The van der Waals surface area contributed by atoms with Gasteiger partial charge in [0.2, 0.25) is 5.16 Å². The van der Waals surface area contributed by atoms with Gasteiger partial charge in [-0.15, -0.1) is 10.2 Å². The number of nitrogens with one attached hydrogen (secondary N) is 2. The van der Waals surface area contributed by atoms with Crippen molar-refractivity contribution in [3.05, 3.63) is 72.1 Å². The maximum Gasteiger partial charge on any atom is 0.264 e. The Morgan fingerprint density at radius 1 is 1.11 bits per heavy atom. The highest BCUT2D eigenvalue weighted by atomic mass is 32.2. The van der Waals surface area contributed by atoms with Crippen LogP contribution in [0.2, 0.25) is 0 Å². The van der Waals surface area contributed by atoms with Crippen LogP contribution >= 0.6 is 24.0 Å². The Morgan fingerprint density at radius 2 is 1.79 bits per heavy atom. The van der Waals surface area contributed by atoms with E-state index in [4.69, 9.17) is 17.0 Å². The molecule has 0 saturated heterocycles. The molecule has 0 atom stereocenters. The van der Waals surface area contributed by atoms with Crippen molar-refractivity contribution in [1.82, 2.24) is 20.2 Å². The van der Waals surface area contributed by atoms with Gasteiger partial charge in [-0.2, -0.15) is 0 Å². The first-order valence-electron chi connectivity index (χ1n) is 8.49. The maximum atomic E-state index is 12.0. The summed E-state index contributed by atoms with van der Waals surface area (Å²) >= 11 is 6.74. The molecule has 1 aromatic heterocycles. The summed E-state index contributed by atoms with van der Waals surface area (Å²) in [7, 11) is 0. The number of aryl methyl sites for hydroxylation is 1. The topological polar surface area (TPSA) is 81.1 Å². The van der Waals surface area contributed by atoms with E-state index in [1.165, 1.54) is 17.3 Å². The minimum absolute atomic E-state index is 0.136. The van der Waals surface area contributed by atoms with Crippen LogP contribution < -0.4 is 15.5 Å². The van der Waals surface area contributed by atoms with Crippen molar-refractivity contribution < 1.29 is 9.53 Å². The van der Waals surface area contributed by atoms with Gasteiger partial charge in [0, 0.05) is 5.75 Å². The summed E-state index contributed by atoms with van der Waals surface area (Å²) in [5.41, 5.74) is 4.11.